The summed E-state index contributed by atoms with van der Waals surface area (Å²) in [6, 6.07) is 5.82. The topological polar surface area (TPSA) is 43.4 Å². The molecule has 0 saturated carbocycles. The summed E-state index contributed by atoms with van der Waals surface area (Å²) < 4.78 is 27.8. The molecule has 0 aliphatic rings. The van der Waals surface area contributed by atoms with Crippen molar-refractivity contribution in [2.45, 2.75) is 19.8 Å². The van der Waals surface area contributed by atoms with E-state index in [1.54, 1.807) is 0 Å². The maximum Gasteiger partial charge on any atom is 0.232 e. The van der Waals surface area contributed by atoms with Gasteiger partial charge < -0.3 is 4.74 Å². The molecule has 17 heavy (non-hydrogen) atoms. The maximum atomic E-state index is 10.7. The zero-order valence-electron chi connectivity index (χ0n) is 9.45. The number of halogens is 2. The lowest BCUT2D eigenvalue weighted by Gasteiger charge is -2.08. The fraction of sp³-hybridized carbons (Fsp3) is 0.455. The van der Waals surface area contributed by atoms with E-state index in [0.29, 0.717) is 19.4 Å². The fourth-order valence-corrected chi connectivity index (χ4v) is 2.77. The Kier molecular flexibility index (Phi) is 5.76. The van der Waals surface area contributed by atoms with Crippen molar-refractivity contribution in [3.8, 4) is 5.75 Å². The molecule has 0 bridgehead atoms. The van der Waals surface area contributed by atoms with Crippen LogP contribution in [0.1, 0.15) is 18.4 Å². The average molecular weight is 342 g/mol. The van der Waals surface area contributed by atoms with Gasteiger partial charge in [-0.1, -0.05) is 6.07 Å². The minimum absolute atomic E-state index is 0.00696. The Morgan fingerprint density at radius 1 is 1.35 bits per heavy atom. The van der Waals surface area contributed by atoms with Gasteiger partial charge in [0.2, 0.25) is 9.05 Å². The molecular weight excluding hydrogens is 328 g/mol. The minimum atomic E-state index is -3.38. The monoisotopic (exact) mass is 340 g/mol. The van der Waals surface area contributed by atoms with Crippen LogP contribution in [0.5, 0.6) is 5.75 Å². The van der Waals surface area contributed by atoms with Gasteiger partial charge in [0, 0.05) is 10.7 Å². The molecule has 1 aromatic carbocycles. The van der Waals surface area contributed by atoms with Crippen molar-refractivity contribution in [1.29, 1.82) is 0 Å². The molecule has 3 nitrogen and oxygen atoms in total. The predicted octanol–water partition coefficient (Wildman–Crippen LogP) is 3.49. The van der Waals surface area contributed by atoms with Crippen molar-refractivity contribution in [2.75, 3.05) is 12.4 Å². The van der Waals surface area contributed by atoms with Crippen LogP contribution in [-0.4, -0.2) is 20.8 Å². The highest BCUT2D eigenvalue weighted by Crippen LogP contribution is 2.25. The molecule has 0 unspecified atom stereocenters. The van der Waals surface area contributed by atoms with Gasteiger partial charge in [0.15, 0.2) is 0 Å². The number of unbranched alkanes of at least 4 members (excludes halogenated alkanes) is 1. The number of hydrogen-bond donors (Lipinski definition) is 0. The van der Waals surface area contributed by atoms with Gasteiger partial charge in [0.05, 0.1) is 16.8 Å². The molecule has 0 aliphatic carbocycles. The van der Waals surface area contributed by atoms with Crippen LogP contribution < -0.4 is 4.74 Å². The first-order chi connectivity index (χ1) is 7.88. The Morgan fingerprint density at radius 3 is 2.65 bits per heavy atom. The maximum absolute atomic E-state index is 10.7. The zero-order chi connectivity index (χ0) is 12.9. The molecule has 1 rings (SSSR count). The van der Waals surface area contributed by atoms with E-state index in [2.05, 4.69) is 15.9 Å². The van der Waals surface area contributed by atoms with E-state index >= 15 is 0 Å². The lowest BCUT2D eigenvalue weighted by molar-refractivity contribution is 0.307. The molecule has 0 radical (unpaired) electrons. The standard InChI is InChI=1S/C11H14BrClO3S/c1-9-4-5-11(10(12)8-9)16-6-2-3-7-17(13,14)15/h4-5,8H,2-3,6-7H2,1H3. The highest BCUT2D eigenvalue weighted by atomic mass is 79.9. The van der Waals surface area contributed by atoms with Crippen LogP contribution in [0.25, 0.3) is 0 Å². The van der Waals surface area contributed by atoms with E-state index < -0.39 is 9.05 Å². The van der Waals surface area contributed by atoms with Crippen LogP contribution in [0.3, 0.4) is 0 Å². The molecule has 96 valence electrons. The second kappa shape index (κ2) is 6.61. The molecule has 0 fully saturated rings. The van der Waals surface area contributed by atoms with Gasteiger partial charge in [0.1, 0.15) is 5.75 Å². The smallest absolute Gasteiger partial charge is 0.232 e. The number of rotatable bonds is 6. The van der Waals surface area contributed by atoms with Gasteiger partial charge in [-0.3, -0.25) is 0 Å². The minimum Gasteiger partial charge on any atom is -0.492 e. The molecule has 0 aliphatic heterocycles. The summed E-state index contributed by atoms with van der Waals surface area (Å²) in [5, 5.41) is 0. The number of benzene rings is 1. The summed E-state index contributed by atoms with van der Waals surface area (Å²) in [5.41, 5.74) is 1.15. The summed E-state index contributed by atoms with van der Waals surface area (Å²) in [5.74, 6) is 0.761. The Labute approximate surface area is 115 Å². The van der Waals surface area contributed by atoms with Crippen molar-refractivity contribution < 1.29 is 13.2 Å². The van der Waals surface area contributed by atoms with Crippen LogP contribution in [0.2, 0.25) is 0 Å². The summed E-state index contributed by atoms with van der Waals surface area (Å²) in [6.07, 6.45) is 1.17. The van der Waals surface area contributed by atoms with Gasteiger partial charge in [0.25, 0.3) is 0 Å². The largest absolute Gasteiger partial charge is 0.492 e. The zero-order valence-corrected chi connectivity index (χ0v) is 12.6. The van der Waals surface area contributed by atoms with E-state index in [0.717, 1.165) is 15.8 Å². The second-order valence-electron chi connectivity index (χ2n) is 3.73. The van der Waals surface area contributed by atoms with Crippen LogP contribution in [0, 0.1) is 6.92 Å². The molecule has 0 saturated heterocycles. The Bertz CT molecular complexity index is 474. The third kappa shape index (κ3) is 6.29. The second-order valence-corrected chi connectivity index (χ2v) is 7.48. The van der Waals surface area contributed by atoms with Crippen molar-refractivity contribution in [1.82, 2.24) is 0 Å². The third-order valence-electron chi connectivity index (χ3n) is 2.13. The summed E-state index contributed by atoms with van der Waals surface area (Å²) >= 11 is 3.41. The van der Waals surface area contributed by atoms with Gasteiger partial charge in [-0.25, -0.2) is 8.42 Å². The average Bonchev–Trinajstić information content (AvgIpc) is 2.18. The van der Waals surface area contributed by atoms with Gasteiger partial charge in [-0.15, -0.1) is 0 Å². The quantitative estimate of drug-likeness (QED) is 0.587. The Balaban J connectivity index is 2.32. The van der Waals surface area contributed by atoms with Crippen molar-refractivity contribution in [2.24, 2.45) is 0 Å². The molecule has 0 spiro atoms. The summed E-state index contributed by atoms with van der Waals surface area (Å²) in [7, 11) is 1.72. The lowest BCUT2D eigenvalue weighted by atomic mass is 10.2. The van der Waals surface area contributed by atoms with Crippen molar-refractivity contribution in [3.05, 3.63) is 28.2 Å². The van der Waals surface area contributed by atoms with E-state index in [1.165, 1.54) is 0 Å². The highest BCUT2D eigenvalue weighted by molar-refractivity contribution is 9.10. The first-order valence-corrected chi connectivity index (χ1v) is 8.47. The molecular formula is C11H14BrClO3S. The molecule has 1 aromatic rings. The van der Waals surface area contributed by atoms with E-state index in [-0.39, 0.29) is 5.75 Å². The van der Waals surface area contributed by atoms with Crippen LogP contribution in [0.4, 0.5) is 0 Å². The molecule has 0 N–H and O–H groups in total. The van der Waals surface area contributed by atoms with Crippen LogP contribution in [0.15, 0.2) is 22.7 Å². The van der Waals surface area contributed by atoms with Crippen LogP contribution in [-0.2, 0) is 9.05 Å². The normalized spacial score (nSPS) is 11.5. The molecule has 0 heterocycles. The van der Waals surface area contributed by atoms with Crippen LogP contribution >= 0.6 is 26.6 Å². The first kappa shape index (κ1) is 14.8. The predicted molar refractivity (Wildman–Crippen MR) is 73.2 cm³/mol. The number of aryl methyl sites for hydroxylation is 1. The van der Waals surface area contributed by atoms with Gasteiger partial charge in [-0.05, 0) is 53.4 Å². The first-order valence-electron chi connectivity index (χ1n) is 5.20. The van der Waals surface area contributed by atoms with E-state index in [9.17, 15) is 8.42 Å². The highest BCUT2D eigenvalue weighted by Gasteiger charge is 2.05. The Hall–Kier alpha value is -0.260. The molecule has 0 amide bonds. The van der Waals surface area contributed by atoms with Crippen molar-refractivity contribution in [3.63, 3.8) is 0 Å². The SMILES string of the molecule is Cc1ccc(OCCCCS(=O)(=O)Cl)c(Br)c1. The van der Waals surface area contributed by atoms with E-state index in [1.807, 2.05) is 25.1 Å². The Morgan fingerprint density at radius 2 is 2.06 bits per heavy atom. The summed E-state index contributed by atoms with van der Waals surface area (Å²) in [4.78, 5) is 0. The van der Waals surface area contributed by atoms with Gasteiger partial charge in [-0.2, -0.15) is 0 Å². The third-order valence-corrected chi connectivity index (χ3v) is 3.99. The lowest BCUT2D eigenvalue weighted by Crippen LogP contribution is -2.02. The van der Waals surface area contributed by atoms with E-state index in [4.69, 9.17) is 15.4 Å². The fourth-order valence-electron chi connectivity index (χ4n) is 1.28. The molecule has 0 atom stereocenters. The van der Waals surface area contributed by atoms with Crippen molar-refractivity contribution >= 4 is 35.7 Å². The number of ether oxygens (including phenoxy) is 1. The number of hydrogen-bond acceptors (Lipinski definition) is 3. The molecule has 0 aromatic heterocycles. The molecule has 6 heteroatoms. The summed E-state index contributed by atoms with van der Waals surface area (Å²) in [6.45, 7) is 2.48. The van der Waals surface area contributed by atoms with Gasteiger partial charge >= 0.3 is 0 Å².